The van der Waals surface area contributed by atoms with Gasteiger partial charge in [-0.1, -0.05) is 47.5 Å². The van der Waals surface area contributed by atoms with Gasteiger partial charge in [0.25, 0.3) is 0 Å². The first-order chi connectivity index (χ1) is 13.7. The van der Waals surface area contributed by atoms with Crippen molar-refractivity contribution in [2.45, 2.75) is 10.8 Å². The van der Waals surface area contributed by atoms with E-state index < -0.39 is 0 Å². The molecular weight excluding hydrogens is 411 g/mol. The zero-order valence-corrected chi connectivity index (χ0v) is 17.6. The lowest BCUT2D eigenvalue weighted by Crippen LogP contribution is -2.46. The van der Waals surface area contributed by atoms with Crippen molar-refractivity contribution in [1.29, 1.82) is 0 Å². The van der Waals surface area contributed by atoms with Gasteiger partial charge in [0.1, 0.15) is 17.2 Å². The van der Waals surface area contributed by atoms with Crippen molar-refractivity contribution in [2.75, 3.05) is 36.0 Å². The molecule has 0 bridgehead atoms. The smallest absolute Gasteiger partial charge is 0.133 e. The van der Waals surface area contributed by atoms with Gasteiger partial charge in [-0.05, 0) is 29.8 Å². The number of benzene rings is 2. The number of rotatable bonds is 5. The molecule has 0 N–H and O–H groups in total. The number of hydrogen-bond acceptors (Lipinski definition) is 5. The number of thioether (sulfide) groups is 1. The van der Waals surface area contributed by atoms with Crippen LogP contribution in [0.15, 0.2) is 66.0 Å². The summed E-state index contributed by atoms with van der Waals surface area (Å²) in [4.78, 5) is 13.6. The average Bonchev–Trinajstić information content (AvgIpc) is 2.74. The second kappa shape index (κ2) is 9.03. The molecule has 0 saturated carbocycles. The zero-order valence-electron chi connectivity index (χ0n) is 15.3. The Balaban J connectivity index is 1.37. The third-order valence-corrected chi connectivity index (χ3v) is 6.30. The highest BCUT2D eigenvalue weighted by Gasteiger charge is 2.18. The van der Waals surface area contributed by atoms with Crippen molar-refractivity contribution in [1.82, 2.24) is 9.97 Å². The quantitative estimate of drug-likeness (QED) is 0.399. The molecule has 1 aliphatic heterocycles. The van der Waals surface area contributed by atoms with Crippen LogP contribution in [0.2, 0.25) is 10.0 Å². The van der Waals surface area contributed by atoms with Gasteiger partial charge in [0.15, 0.2) is 0 Å². The number of para-hydroxylation sites is 1. The van der Waals surface area contributed by atoms with E-state index in [1.807, 2.05) is 12.1 Å². The first kappa shape index (κ1) is 19.4. The molecule has 144 valence electrons. The molecule has 0 radical (unpaired) electrons. The zero-order chi connectivity index (χ0) is 19.3. The fraction of sp³-hybridized carbons (Fsp3) is 0.238. The van der Waals surface area contributed by atoms with Gasteiger partial charge >= 0.3 is 0 Å². The van der Waals surface area contributed by atoms with Crippen LogP contribution in [0.5, 0.6) is 0 Å². The number of aromatic nitrogens is 2. The molecule has 1 fully saturated rings. The lowest BCUT2D eigenvalue weighted by molar-refractivity contribution is 0.645. The summed E-state index contributed by atoms with van der Waals surface area (Å²) in [6.07, 6.45) is 1.64. The van der Waals surface area contributed by atoms with Crippen LogP contribution >= 0.6 is 35.0 Å². The Morgan fingerprint density at radius 1 is 0.857 bits per heavy atom. The van der Waals surface area contributed by atoms with Crippen LogP contribution in [0.3, 0.4) is 0 Å². The van der Waals surface area contributed by atoms with E-state index in [1.54, 1.807) is 24.2 Å². The first-order valence-electron chi connectivity index (χ1n) is 9.13. The summed E-state index contributed by atoms with van der Waals surface area (Å²) in [7, 11) is 0. The van der Waals surface area contributed by atoms with Gasteiger partial charge < -0.3 is 9.80 Å². The lowest BCUT2D eigenvalue weighted by atomic mass is 10.2. The maximum absolute atomic E-state index is 6.27. The predicted molar refractivity (Wildman–Crippen MR) is 119 cm³/mol. The summed E-state index contributed by atoms with van der Waals surface area (Å²) < 4.78 is 0. The van der Waals surface area contributed by atoms with E-state index in [2.05, 4.69) is 56.2 Å². The average molecular weight is 431 g/mol. The molecule has 0 atom stereocenters. The van der Waals surface area contributed by atoms with E-state index in [4.69, 9.17) is 23.2 Å². The molecule has 1 aliphatic rings. The minimum absolute atomic E-state index is 0.651. The molecule has 2 heterocycles. The number of piperazine rings is 1. The fourth-order valence-corrected chi connectivity index (χ4v) is 4.62. The highest BCUT2D eigenvalue weighted by molar-refractivity contribution is 7.98. The number of anilines is 2. The van der Waals surface area contributed by atoms with Crippen LogP contribution in [0.4, 0.5) is 11.5 Å². The number of hydrogen-bond donors (Lipinski definition) is 0. The Bertz CT molecular complexity index is 931. The van der Waals surface area contributed by atoms with Crippen LogP contribution in [-0.2, 0) is 5.75 Å². The van der Waals surface area contributed by atoms with E-state index in [-0.39, 0.29) is 0 Å². The second-order valence-corrected chi connectivity index (χ2v) is 8.39. The maximum atomic E-state index is 6.27. The minimum Gasteiger partial charge on any atom is -0.368 e. The number of halogens is 2. The molecule has 0 spiro atoms. The van der Waals surface area contributed by atoms with Crippen molar-refractivity contribution in [2.24, 2.45) is 0 Å². The van der Waals surface area contributed by atoms with Gasteiger partial charge in [-0.15, -0.1) is 11.8 Å². The SMILES string of the molecule is Clc1ccc(CSc2cc(N3CCN(c4ccccc4)CC3)ncn2)c(Cl)c1. The van der Waals surface area contributed by atoms with E-state index in [0.717, 1.165) is 48.3 Å². The number of nitrogens with zero attached hydrogens (tertiary/aromatic N) is 4. The molecule has 2 aromatic carbocycles. The second-order valence-electron chi connectivity index (χ2n) is 6.55. The molecule has 1 saturated heterocycles. The fourth-order valence-electron chi connectivity index (χ4n) is 3.20. The molecule has 0 unspecified atom stereocenters. The monoisotopic (exact) mass is 430 g/mol. The van der Waals surface area contributed by atoms with Gasteiger partial charge in [-0.3, -0.25) is 0 Å². The predicted octanol–water partition coefficient (Wildman–Crippen LogP) is 5.40. The van der Waals surface area contributed by atoms with E-state index >= 15 is 0 Å². The molecule has 1 aromatic heterocycles. The van der Waals surface area contributed by atoms with Crippen LogP contribution < -0.4 is 9.80 Å². The molecule has 4 rings (SSSR count). The molecule has 0 aliphatic carbocycles. The Morgan fingerprint density at radius 2 is 1.61 bits per heavy atom. The highest BCUT2D eigenvalue weighted by Crippen LogP contribution is 2.29. The summed E-state index contributed by atoms with van der Waals surface area (Å²) >= 11 is 13.9. The van der Waals surface area contributed by atoms with Crippen LogP contribution in [0.25, 0.3) is 0 Å². The standard InChI is InChI=1S/C21H20Cl2N4S/c22-17-7-6-16(19(23)12-17)14-28-21-13-20(24-15-25-21)27-10-8-26(9-11-27)18-4-2-1-3-5-18/h1-7,12-13,15H,8-11,14H2. The minimum atomic E-state index is 0.651. The molecule has 0 amide bonds. The van der Waals surface area contributed by atoms with Gasteiger partial charge in [-0.2, -0.15) is 0 Å². The van der Waals surface area contributed by atoms with Crippen molar-refractivity contribution >= 4 is 46.5 Å². The van der Waals surface area contributed by atoms with E-state index in [1.165, 1.54) is 5.69 Å². The first-order valence-corrected chi connectivity index (χ1v) is 10.9. The Labute approximate surface area is 179 Å². The van der Waals surface area contributed by atoms with Crippen molar-refractivity contribution in [3.8, 4) is 0 Å². The Morgan fingerprint density at radius 3 is 2.36 bits per heavy atom. The Kier molecular flexibility index (Phi) is 6.25. The van der Waals surface area contributed by atoms with Crippen LogP contribution in [0, 0.1) is 0 Å². The molecule has 7 heteroatoms. The Hall–Kier alpha value is -1.95. The summed E-state index contributed by atoms with van der Waals surface area (Å²) in [5.41, 5.74) is 2.33. The van der Waals surface area contributed by atoms with Crippen molar-refractivity contribution in [3.63, 3.8) is 0 Å². The summed E-state index contributed by atoms with van der Waals surface area (Å²) in [6, 6.07) is 18.2. The van der Waals surface area contributed by atoms with Crippen molar-refractivity contribution in [3.05, 3.63) is 76.5 Å². The van der Waals surface area contributed by atoms with Crippen LogP contribution in [0.1, 0.15) is 5.56 Å². The topological polar surface area (TPSA) is 32.3 Å². The summed E-state index contributed by atoms with van der Waals surface area (Å²) in [6.45, 7) is 3.85. The maximum Gasteiger partial charge on any atom is 0.133 e. The van der Waals surface area contributed by atoms with Gasteiger partial charge in [-0.25, -0.2) is 9.97 Å². The highest BCUT2D eigenvalue weighted by atomic mass is 35.5. The molecule has 28 heavy (non-hydrogen) atoms. The third-order valence-electron chi connectivity index (χ3n) is 4.74. The van der Waals surface area contributed by atoms with E-state index in [0.29, 0.717) is 10.0 Å². The van der Waals surface area contributed by atoms with Crippen LogP contribution in [-0.4, -0.2) is 36.1 Å². The lowest BCUT2D eigenvalue weighted by Gasteiger charge is -2.36. The molecular formula is C21H20Cl2N4S. The summed E-state index contributed by atoms with van der Waals surface area (Å²) in [5, 5.41) is 2.28. The van der Waals surface area contributed by atoms with Gasteiger partial charge in [0, 0.05) is 53.7 Å². The van der Waals surface area contributed by atoms with Crippen molar-refractivity contribution < 1.29 is 0 Å². The van der Waals surface area contributed by atoms with Gasteiger partial charge in [0.2, 0.25) is 0 Å². The third kappa shape index (κ3) is 4.72. The largest absolute Gasteiger partial charge is 0.368 e. The molecule has 4 nitrogen and oxygen atoms in total. The summed E-state index contributed by atoms with van der Waals surface area (Å²) in [5.74, 6) is 1.72. The van der Waals surface area contributed by atoms with Gasteiger partial charge in [0.05, 0.1) is 0 Å². The molecule has 3 aromatic rings. The van der Waals surface area contributed by atoms with E-state index in [9.17, 15) is 0 Å². The normalized spacial score (nSPS) is 14.4.